The number of hydrogen-bond acceptors (Lipinski definition) is 6. The molecule has 3 amide bonds. The van der Waals surface area contributed by atoms with Gasteiger partial charge in [-0.25, -0.2) is 0 Å². The molecule has 4 aromatic rings. The average Bonchev–Trinajstić information content (AvgIpc) is 3.23. The molecule has 0 fully saturated rings. The van der Waals surface area contributed by atoms with Crippen LogP contribution >= 0.6 is 22.9 Å². The van der Waals surface area contributed by atoms with Gasteiger partial charge in [-0.2, -0.15) is 0 Å². The number of halogens is 1. The van der Waals surface area contributed by atoms with E-state index in [9.17, 15) is 14.4 Å². The van der Waals surface area contributed by atoms with Crippen LogP contribution in [0.25, 0.3) is 10.1 Å². The lowest BCUT2D eigenvalue weighted by molar-refractivity contribution is 0.0849. The maximum atomic E-state index is 12.6. The summed E-state index contributed by atoms with van der Waals surface area (Å²) in [6.45, 7) is 0. The number of fused-ring (bicyclic) bond motifs is 1. The highest BCUT2D eigenvalue weighted by molar-refractivity contribution is 7.21. The number of nitrogens with one attached hydrogen (secondary N) is 3. The molecule has 1 aromatic heterocycles. The third-order valence-electron chi connectivity index (χ3n) is 5.08. The van der Waals surface area contributed by atoms with Gasteiger partial charge in [0, 0.05) is 26.9 Å². The molecule has 0 aliphatic heterocycles. The van der Waals surface area contributed by atoms with Crippen LogP contribution in [0.4, 0.5) is 5.69 Å². The summed E-state index contributed by atoms with van der Waals surface area (Å²) in [4.78, 5) is 37.8. The van der Waals surface area contributed by atoms with Gasteiger partial charge in [-0.1, -0.05) is 29.8 Å². The number of carbonyl (C=O) groups excluding carboxylic acids is 3. The molecule has 1 heterocycles. The molecule has 35 heavy (non-hydrogen) atoms. The number of amides is 3. The van der Waals surface area contributed by atoms with Gasteiger partial charge in [0.2, 0.25) is 0 Å². The molecule has 3 N–H and O–H groups in total. The highest BCUT2D eigenvalue weighted by Gasteiger charge is 2.18. The lowest BCUT2D eigenvalue weighted by Gasteiger charge is -2.10. The molecule has 0 radical (unpaired) electrons. The van der Waals surface area contributed by atoms with Gasteiger partial charge in [-0.15, -0.1) is 11.3 Å². The number of carbonyl (C=O) groups is 3. The SMILES string of the molecule is COc1ccc(C(=O)Nc2ccc(C(=O)NNC(=O)c3sc4ccccc4c3Cl)cc2)cc1OC. The summed E-state index contributed by atoms with van der Waals surface area (Å²) >= 11 is 7.55. The van der Waals surface area contributed by atoms with Crippen LogP contribution in [0.15, 0.2) is 66.7 Å². The van der Waals surface area contributed by atoms with Crippen molar-refractivity contribution in [2.45, 2.75) is 0 Å². The smallest absolute Gasteiger partial charge is 0.281 e. The Hall–Kier alpha value is -4.08. The van der Waals surface area contributed by atoms with Crippen LogP contribution in [0.3, 0.4) is 0 Å². The predicted octanol–water partition coefficient (Wildman–Crippen LogP) is 4.90. The van der Waals surface area contributed by atoms with E-state index in [2.05, 4.69) is 16.2 Å². The first-order chi connectivity index (χ1) is 16.9. The Kier molecular flexibility index (Phi) is 7.19. The number of benzene rings is 3. The molecule has 0 atom stereocenters. The average molecular weight is 510 g/mol. The molecule has 0 saturated heterocycles. The zero-order valence-corrected chi connectivity index (χ0v) is 20.3. The van der Waals surface area contributed by atoms with Crippen molar-refractivity contribution in [1.29, 1.82) is 0 Å². The van der Waals surface area contributed by atoms with Gasteiger partial charge in [0.25, 0.3) is 17.7 Å². The van der Waals surface area contributed by atoms with Crippen molar-refractivity contribution in [2.75, 3.05) is 19.5 Å². The molecular formula is C25H20ClN3O5S. The Bertz CT molecular complexity index is 1420. The maximum Gasteiger partial charge on any atom is 0.281 e. The van der Waals surface area contributed by atoms with E-state index in [0.29, 0.717) is 32.6 Å². The number of ether oxygens (including phenoxy) is 2. The van der Waals surface area contributed by atoms with E-state index in [1.807, 2.05) is 24.3 Å². The first kappa shape index (κ1) is 24.1. The number of hydrazine groups is 1. The molecule has 4 rings (SSSR count). The van der Waals surface area contributed by atoms with Crippen molar-refractivity contribution >= 4 is 56.4 Å². The van der Waals surface area contributed by atoms with Crippen molar-refractivity contribution < 1.29 is 23.9 Å². The van der Waals surface area contributed by atoms with E-state index in [1.54, 1.807) is 30.3 Å². The second-order valence-electron chi connectivity index (χ2n) is 7.25. The fourth-order valence-electron chi connectivity index (χ4n) is 3.29. The van der Waals surface area contributed by atoms with Gasteiger partial charge in [0.05, 0.1) is 19.2 Å². The topological polar surface area (TPSA) is 106 Å². The van der Waals surface area contributed by atoms with E-state index in [1.165, 1.54) is 37.7 Å². The second-order valence-corrected chi connectivity index (χ2v) is 8.68. The summed E-state index contributed by atoms with van der Waals surface area (Å²) in [5.74, 6) is -0.431. The van der Waals surface area contributed by atoms with Gasteiger partial charge < -0.3 is 14.8 Å². The highest BCUT2D eigenvalue weighted by Crippen LogP contribution is 2.35. The van der Waals surface area contributed by atoms with Crippen molar-refractivity contribution in [3.8, 4) is 11.5 Å². The largest absolute Gasteiger partial charge is 0.493 e. The molecule has 10 heteroatoms. The Morgan fingerprint density at radius 3 is 2.11 bits per heavy atom. The van der Waals surface area contributed by atoms with Crippen LogP contribution in [0.1, 0.15) is 30.4 Å². The maximum absolute atomic E-state index is 12.6. The monoisotopic (exact) mass is 509 g/mol. The molecule has 0 aliphatic rings. The van der Waals surface area contributed by atoms with Crippen LogP contribution in [0.5, 0.6) is 11.5 Å². The molecule has 0 saturated carbocycles. The third-order valence-corrected chi connectivity index (χ3v) is 6.76. The summed E-state index contributed by atoms with van der Waals surface area (Å²) in [6.07, 6.45) is 0. The number of thiophene rings is 1. The summed E-state index contributed by atoms with van der Waals surface area (Å²) < 4.78 is 11.3. The molecule has 8 nitrogen and oxygen atoms in total. The Balaban J connectivity index is 1.36. The minimum Gasteiger partial charge on any atom is -0.493 e. The third kappa shape index (κ3) is 5.21. The van der Waals surface area contributed by atoms with Crippen molar-refractivity contribution in [3.63, 3.8) is 0 Å². The van der Waals surface area contributed by atoms with E-state index in [4.69, 9.17) is 21.1 Å². The van der Waals surface area contributed by atoms with Gasteiger partial charge >= 0.3 is 0 Å². The second kappa shape index (κ2) is 10.5. The quantitative estimate of drug-likeness (QED) is 0.321. The van der Waals surface area contributed by atoms with Crippen LogP contribution in [-0.2, 0) is 0 Å². The Morgan fingerprint density at radius 2 is 1.43 bits per heavy atom. The Labute approximate surface area is 209 Å². The molecule has 3 aromatic carbocycles. The number of hydrogen-bond donors (Lipinski definition) is 3. The number of methoxy groups -OCH3 is 2. The molecule has 0 spiro atoms. The zero-order chi connectivity index (χ0) is 24.9. The lowest BCUT2D eigenvalue weighted by atomic mass is 10.1. The van der Waals surface area contributed by atoms with Gasteiger partial charge in [-0.3, -0.25) is 25.2 Å². The normalized spacial score (nSPS) is 10.5. The molecular weight excluding hydrogens is 490 g/mol. The summed E-state index contributed by atoms with van der Waals surface area (Å²) in [7, 11) is 3.00. The summed E-state index contributed by atoms with van der Waals surface area (Å²) in [5, 5.41) is 3.87. The summed E-state index contributed by atoms with van der Waals surface area (Å²) in [6, 6.07) is 18.4. The van der Waals surface area contributed by atoms with Gasteiger partial charge in [0.1, 0.15) is 4.88 Å². The molecule has 0 unspecified atom stereocenters. The standard InChI is InChI=1S/C25H20ClN3O5S/c1-33-18-12-9-15(13-19(18)34-2)23(30)27-16-10-7-14(8-11-16)24(31)28-29-25(32)22-21(26)17-5-3-4-6-20(17)35-22/h3-13H,1-2H3,(H,27,30)(H,28,31)(H,29,32). The van der Waals surface area contributed by atoms with Crippen LogP contribution < -0.4 is 25.6 Å². The Morgan fingerprint density at radius 1 is 0.771 bits per heavy atom. The van der Waals surface area contributed by atoms with Gasteiger partial charge in [0.15, 0.2) is 11.5 Å². The zero-order valence-electron chi connectivity index (χ0n) is 18.7. The minimum absolute atomic E-state index is 0.289. The van der Waals surface area contributed by atoms with Crippen LogP contribution in [0, 0.1) is 0 Å². The highest BCUT2D eigenvalue weighted by atomic mass is 35.5. The number of rotatable bonds is 6. The first-order valence-corrected chi connectivity index (χ1v) is 11.5. The van der Waals surface area contributed by atoms with E-state index in [-0.39, 0.29) is 11.5 Å². The molecule has 0 aliphatic carbocycles. The fraction of sp³-hybridized carbons (Fsp3) is 0.0800. The minimum atomic E-state index is -0.520. The van der Waals surface area contributed by atoms with Crippen LogP contribution in [0.2, 0.25) is 5.02 Å². The molecule has 0 bridgehead atoms. The predicted molar refractivity (Wildman–Crippen MR) is 136 cm³/mol. The summed E-state index contributed by atoms with van der Waals surface area (Å²) in [5.41, 5.74) is 5.92. The van der Waals surface area contributed by atoms with Crippen molar-refractivity contribution in [2.24, 2.45) is 0 Å². The first-order valence-electron chi connectivity index (χ1n) is 10.3. The van der Waals surface area contributed by atoms with Crippen LogP contribution in [-0.4, -0.2) is 31.9 Å². The van der Waals surface area contributed by atoms with E-state index in [0.717, 1.165) is 10.1 Å². The van der Waals surface area contributed by atoms with Crippen molar-refractivity contribution in [1.82, 2.24) is 10.9 Å². The van der Waals surface area contributed by atoms with Gasteiger partial charge in [-0.05, 0) is 48.5 Å². The fourth-order valence-corrected chi connectivity index (χ4v) is 4.70. The van der Waals surface area contributed by atoms with E-state index >= 15 is 0 Å². The number of anilines is 1. The molecule has 178 valence electrons. The lowest BCUT2D eigenvalue weighted by Crippen LogP contribution is -2.41. The van der Waals surface area contributed by atoms with Crippen molar-refractivity contribution in [3.05, 3.63) is 87.8 Å². The van der Waals surface area contributed by atoms with E-state index < -0.39 is 11.8 Å².